The zero-order chi connectivity index (χ0) is 39.5. The summed E-state index contributed by atoms with van der Waals surface area (Å²) in [6.45, 7) is 21.8. The minimum absolute atomic E-state index is 0.000278. The Labute approximate surface area is 294 Å². The van der Waals surface area contributed by atoms with E-state index in [1.54, 1.807) is 76.2 Å². The molecular formula is C33H56N2O15. The highest BCUT2D eigenvalue weighted by molar-refractivity contribution is 6.01. The van der Waals surface area contributed by atoms with E-state index in [4.69, 9.17) is 33.6 Å². The highest BCUT2D eigenvalue weighted by Gasteiger charge is 2.37. The molecule has 2 N–H and O–H groups in total. The fraction of sp³-hybridized carbons (Fsp3) is 0.758. The molecule has 0 aliphatic carbocycles. The molecule has 0 radical (unpaired) electrons. The number of carboxylic acids is 1. The van der Waals surface area contributed by atoms with Gasteiger partial charge in [-0.05, 0) is 89.5 Å². The van der Waals surface area contributed by atoms with Gasteiger partial charge >= 0.3 is 30.3 Å². The number of Topliss-reactive ketones (excluding diaryl/α,β-unsaturated/α-hetero) is 2. The van der Waals surface area contributed by atoms with E-state index in [0.29, 0.717) is 26.1 Å². The first-order chi connectivity index (χ1) is 22.7. The average molecular weight is 721 g/mol. The number of carbonyl (C=O) groups is 8. The second kappa shape index (κ2) is 22.4. The zero-order valence-electron chi connectivity index (χ0n) is 31.5. The Bertz CT molecular complexity index is 1130. The summed E-state index contributed by atoms with van der Waals surface area (Å²) in [6.07, 6.45) is -1.73. The second-order valence-electron chi connectivity index (χ2n) is 13.8. The van der Waals surface area contributed by atoms with Crippen LogP contribution in [-0.2, 0) is 52.4 Å². The summed E-state index contributed by atoms with van der Waals surface area (Å²) in [5.74, 6) is -3.48. The van der Waals surface area contributed by atoms with Crippen LogP contribution in [0, 0.1) is 11.8 Å². The van der Waals surface area contributed by atoms with E-state index in [9.17, 15) is 33.6 Å². The van der Waals surface area contributed by atoms with Crippen molar-refractivity contribution < 1.29 is 77.2 Å². The highest BCUT2D eigenvalue weighted by atomic mass is 16.8. The lowest BCUT2D eigenvalue weighted by molar-refractivity contribution is -0.649. The number of hydrogen-bond donors (Lipinski definition) is 1. The second-order valence-corrected chi connectivity index (χ2v) is 13.8. The van der Waals surface area contributed by atoms with Crippen molar-refractivity contribution in [2.75, 3.05) is 39.4 Å². The van der Waals surface area contributed by atoms with Gasteiger partial charge in [0.25, 0.3) is 0 Å². The van der Waals surface area contributed by atoms with Crippen molar-refractivity contribution in [1.82, 2.24) is 4.90 Å². The molecule has 2 unspecified atom stereocenters. The molecule has 0 saturated carbocycles. The molecule has 2 fully saturated rings. The molecule has 0 spiro atoms. The molecule has 288 valence electrons. The third-order valence-electron chi connectivity index (χ3n) is 5.56. The van der Waals surface area contributed by atoms with Crippen LogP contribution in [-0.4, -0.2) is 109 Å². The normalized spacial score (nSPS) is 17.4. The van der Waals surface area contributed by atoms with Crippen LogP contribution >= 0.6 is 0 Å². The van der Waals surface area contributed by atoms with Gasteiger partial charge in [0, 0.05) is 18.9 Å². The van der Waals surface area contributed by atoms with Gasteiger partial charge in [0.2, 0.25) is 5.78 Å². The number of quaternary nitrogens is 1. The summed E-state index contributed by atoms with van der Waals surface area (Å²) in [4.78, 5) is 89.7. The van der Waals surface area contributed by atoms with Crippen LogP contribution in [0.3, 0.4) is 0 Å². The number of nitrogens with zero attached hydrogens (tertiary/aromatic N) is 1. The van der Waals surface area contributed by atoms with Gasteiger partial charge in [0.05, 0.1) is 26.3 Å². The number of rotatable bonds is 4. The first-order valence-corrected chi connectivity index (χ1v) is 16.2. The third-order valence-corrected chi connectivity index (χ3v) is 5.56. The molecule has 2 rings (SSSR count). The van der Waals surface area contributed by atoms with Crippen molar-refractivity contribution in [3.63, 3.8) is 0 Å². The highest BCUT2D eigenvalue weighted by Crippen LogP contribution is 2.19. The van der Waals surface area contributed by atoms with Gasteiger partial charge in [-0.25, -0.2) is 14.4 Å². The number of amides is 1. The number of ether oxygens (including phenoxy) is 6. The number of aliphatic carboxylic acids is 1. The fourth-order valence-electron chi connectivity index (χ4n) is 3.73. The maximum atomic E-state index is 11.8. The summed E-state index contributed by atoms with van der Waals surface area (Å²) in [5, 5.41) is 10.8. The van der Waals surface area contributed by atoms with Gasteiger partial charge in [0.15, 0.2) is 5.78 Å². The van der Waals surface area contributed by atoms with Crippen LogP contribution in [0.2, 0.25) is 0 Å². The molecule has 0 aromatic heterocycles. The zero-order valence-corrected chi connectivity index (χ0v) is 31.5. The summed E-state index contributed by atoms with van der Waals surface area (Å²) >= 11 is 0. The number of carboxylic acid groups (broad SMARTS) is 1. The Hall–Kier alpha value is -4.28. The predicted octanol–water partition coefficient (Wildman–Crippen LogP) is 1.71. The van der Waals surface area contributed by atoms with Gasteiger partial charge in [-0.2, -0.15) is 0 Å². The Morgan fingerprint density at radius 3 is 1.46 bits per heavy atom. The van der Waals surface area contributed by atoms with Crippen molar-refractivity contribution in [3.8, 4) is 0 Å². The van der Waals surface area contributed by atoms with Crippen LogP contribution in [0.4, 0.5) is 14.4 Å². The average Bonchev–Trinajstić information content (AvgIpc) is 2.90. The summed E-state index contributed by atoms with van der Waals surface area (Å²) < 4.78 is 28.6. The number of likely N-dealkylation sites (tertiary alicyclic amines) is 1. The van der Waals surface area contributed by atoms with E-state index in [-0.39, 0.29) is 37.1 Å². The minimum atomic E-state index is -1.08. The van der Waals surface area contributed by atoms with E-state index in [1.165, 1.54) is 4.90 Å². The summed E-state index contributed by atoms with van der Waals surface area (Å²) in [6, 6.07) is 0. The molecule has 0 bridgehead atoms. The molecule has 2 saturated heterocycles. The number of ketones is 2. The predicted molar refractivity (Wildman–Crippen MR) is 173 cm³/mol. The van der Waals surface area contributed by atoms with Crippen LogP contribution in [0.1, 0.15) is 95.9 Å². The quantitative estimate of drug-likeness (QED) is 0.247. The Balaban J connectivity index is 0. The molecular weight excluding hydrogens is 664 g/mol. The van der Waals surface area contributed by atoms with Crippen LogP contribution in [0.25, 0.3) is 0 Å². The van der Waals surface area contributed by atoms with Crippen molar-refractivity contribution in [2.24, 2.45) is 11.8 Å². The molecule has 50 heavy (non-hydrogen) atoms. The van der Waals surface area contributed by atoms with Crippen molar-refractivity contribution in [1.29, 1.82) is 0 Å². The topological polar surface area (TPSA) is 235 Å². The standard InChI is InChI=1S/C13H21NO5.C10H18O5.C8H13NO3.C2H4O2/c1-5-18-11(16)9-6-7-14(8-10(9)15)12(17)19-13(2,3)4;1-9(2,3)14-7(11)13-8(12)15-10(4,5)6;1-2-12-8(11)6-3-4-9-5-7(6)10;1-2(3)4/h9H,5-8H2,1-4H3;1-6H3;6,9H,2-5H2,1H3;1H3,(H,3,4). The number of piperidine rings is 2. The van der Waals surface area contributed by atoms with Crippen molar-refractivity contribution >= 4 is 47.9 Å². The van der Waals surface area contributed by atoms with Gasteiger partial charge in [-0.3, -0.25) is 19.2 Å². The molecule has 2 atom stereocenters. The lowest BCUT2D eigenvalue weighted by Gasteiger charge is -2.31. The Morgan fingerprint density at radius 2 is 1.12 bits per heavy atom. The maximum absolute atomic E-state index is 11.8. The Morgan fingerprint density at radius 1 is 0.720 bits per heavy atom. The molecule has 1 amide bonds. The SMILES string of the molecule is CC(=O)[O-].CC(C)(C)OC(=O)OC(=O)OC(C)(C)C.CCOC(=O)C1CCN(C(=O)OC(C)(C)C)CC1=O.CCOC(=O)C1CC[NH2+]CC1=O. The van der Waals surface area contributed by atoms with Crippen LogP contribution in [0.5, 0.6) is 0 Å². The van der Waals surface area contributed by atoms with E-state index in [2.05, 4.69) is 4.74 Å². The lowest BCUT2D eigenvalue weighted by Crippen LogP contribution is -2.88. The first-order valence-electron chi connectivity index (χ1n) is 16.2. The van der Waals surface area contributed by atoms with E-state index >= 15 is 0 Å². The van der Waals surface area contributed by atoms with Gasteiger partial charge in [0.1, 0.15) is 35.2 Å². The van der Waals surface area contributed by atoms with Gasteiger partial charge < -0.3 is 48.5 Å². The maximum Gasteiger partial charge on any atom is 0.519 e. The summed E-state index contributed by atoms with van der Waals surface area (Å²) in [7, 11) is 0. The van der Waals surface area contributed by atoms with Crippen LogP contribution in [0.15, 0.2) is 0 Å². The minimum Gasteiger partial charge on any atom is -0.550 e. The summed E-state index contributed by atoms with van der Waals surface area (Å²) in [5.41, 5.74) is -1.99. The van der Waals surface area contributed by atoms with E-state index < -0.39 is 59.0 Å². The lowest BCUT2D eigenvalue weighted by atomic mass is 9.96. The van der Waals surface area contributed by atoms with Gasteiger partial charge in [-0.15, -0.1) is 0 Å². The van der Waals surface area contributed by atoms with Gasteiger partial charge in [-0.1, -0.05) is 0 Å². The van der Waals surface area contributed by atoms with Crippen molar-refractivity contribution in [3.05, 3.63) is 0 Å². The third kappa shape index (κ3) is 24.8. The Kier molecular flexibility index (Phi) is 21.5. The largest absolute Gasteiger partial charge is 0.550 e. The number of esters is 2. The van der Waals surface area contributed by atoms with E-state index in [0.717, 1.165) is 13.5 Å². The first kappa shape index (κ1) is 47.8. The molecule has 2 heterocycles. The monoisotopic (exact) mass is 720 g/mol. The molecule has 2 aliphatic heterocycles. The fourth-order valence-corrected chi connectivity index (χ4v) is 3.73. The number of carbonyl (C=O) groups excluding carboxylic acids is 8. The molecule has 2 aliphatic rings. The smallest absolute Gasteiger partial charge is 0.519 e. The molecule has 17 nitrogen and oxygen atoms in total. The van der Waals surface area contributed by atoms with E-state index in [1.807, 2.05) is 5.32 Å². The van der Waals surface area contributed by atoms with Crippen LogP contribution < -0.4 is 10.4 Å². The number of nitrogens with two attached hydrogens (primary N) is 1. The van der Waals surface area contributed by atoms with Crippen molar-refractivity contribution in [2.45, 2.75) is 113 Å². The number of hydrogen-bond acceptors (Lipinski definition) is 15. The molecule has 0 aromatic rings. The molecule has 0 aromatic carbocycles. The molecule has 17 heteroatoms.